The van der Waals surface area contributed by atoms with Gasteiger partial charge in [-0.25, -0.2) is 0 Å². The highest BCUT2D eigenvalue weighted by Gasteiger charge is 2.37. The molecule has 1 heterocycles. The summed E-state index contributed by atoms with van der Waals surface area (Å²) in [5.41, 5.74) is 0.543. The molecule has 2 rings (SSSR count). The van der Waals surface area contributed by atoms with E-state index in [1.165, 1.54) is 5.56 Å². The molecule has 0 aromatic heterocycles. The molecule has 0 atom stereocenters. The normalized spacial score (nSPS) is 17.5. The molecule has 1 fully saturated rings. The summed E-state index contributed by atoms with van der Waals surface area (Å²) < 4.78 is 0. The van der Waals surface area contributed by atoms with Crippen molar-refractivity contribution in [3.05, 3.63) is 35.9 Å². The van der Waals surface area contributed by atoms with Crippen molar-refractivity contribution < 1.29 is 14.7 Å². The SMILES string of the molecule is CC1(C(=O)O)CCN(C(=O)CSCc2ccccc2)CC1. The lowest BCUT2D eigenvalue weighted by atomic mass is 9.80. The third kappa shape index (κ3) is 4.24. The van der Waals surface area contributed by atoms with Crippen LogP contribution in [-0.2, 0) is 15.3 Å². The number of hydrogen-bond donors (Lipinski definition) is 1. The van der Waals surface area contributed by atoms with Crippen molar-refractivity contribution in [2.75, 3.05) is 18.8 Å². The highest BCUT2D eigenvalue weighted by Crippen LogP contribution is 2.31. The van der Waals surface area contributed by atoms with E-state index in [-0.39, 0.29) is 5.91 Å². The summed E-state index contributed by atoms with van der Waals surface area (Å²) in [5.74, 6) is 0.641. The predicted octanol–water partition coefficient (Wildman–Crippen LogP) is 2.63. The summed E-state index contributed by atoms with van der Waals surface area (Å²) in [6, 6.07) is 10.1. The van der Waals surface area contributed by atoms with Crippen molar-refractivity contribution in [1.29, 1.82) is 0 Å². The molecule has 0 saturated carbocycles. The number of nitrogens with zero attached hydrogens (tertiary/aromatic N) is 1. The molecule has 21 heavy (non-hydrogen) atoms. The van der Waals surface area contributed by atoms with Crippen LogP contribution in [0.25, 0.3) is 0 Å². The van der Waals surface area contributed by atoms with Gasteiger partial charge in [0.25, 0.3) is 0 Å². The van der Waals surface area contributed by atoms with Crippen LogP contribution in [0.5, 0.6) is 0 Å². The number of thioether (sulfide) groups is 1. The van der Waals surface area contributed by atoms with Gasteiger partial charge in [0.05, 0.1) is 11.2 Å². The zero-order chi connectivity index (χ0) is 15.3. The smallest absolute Gasteiger partial charge is 0.309 e. The van der Waals surface area contributed by atoms with E-state index in [0.29, 0.717) is 31.7 Å². The maximum atomic E-state index is 12.1. The highest BCUT2D eigenvalue weighted by atomic mass is 32.2. The van der Waals surface area contributed by atoms with Gasteiger partial charge >= 0.3 is 5.97 Å². The van der Waals surface area contributed by atoms with Crippen LogP contribution in [0.4, 0.5) is 0 Å². The van der Waals surface area contributed by atoms with Crippen molar-refractivity contribution in [1.82, 2.24) is 4.90 Å². The van der Waals surface area contributed by atoms with E-state index in [1.807, 2.05) is 18.2 Å². The topological polar surface area (TPSA) is 57.6 Å². The Morgan fingerprint density at radius 2 is 1.86 bits per heavy atom. The Labute approximate surface area is 129 Å². The van der Waals surface area contributed by atoms with Crippen LogP contribution < -0.4 is 0 Å². The molecule has 1 aliphatic rings. The van der Waals surface area contributed by atoms with E-state index in [9.17, 15) is 14.7 Å². The zero-order valence-electron chi connectivity index (χ0n) is 12.2. The quantitative estimate of drug-likeness (QED) is 0.908. The Morgan fingerprint density at radius 3 is 2.43 bits per heavy atom. The van der Waals surface area contributed by atoms with Gasteiger partial charge in [-0.2, -0.15) is 0 Å². The zero-order valence-corrected chi connectivity index (χ0v) is 13.1. The monoisotopic (exact) mass is 307 g/mol. The Balaban J connectivity index is 1.74. The minimum absolute atomic E-state index is 0.114. The lowest BCUT2D eigenvalue weighted by Gasteiger charge is -2.36. The van der Waals surface area contributed by atoms with Gasteiger partial charge in [0.2, 0.25) is 5.91 Å². The van der Waals surface area contributed by atoms with Crippen molar-refractivity contribution in [3.63, 3.8) is 0 Å². The van der Waals surface area contributed by atoms with Crippen molar-refractivity contribution in [2.45, 2.75) is 25.5 Å². The van der Waals surface area contributed by atoms with Crippen LogP contribution in [-0.4, -0.2) is 40.7 Å². The maximum absolute atomic E-state index is 12.1. The molecule has 1 saturated heterocycles. The first kappa shape index (κ1) is 15.9. The molecule has 4 nitrogen and oxygen atoms in total. The van der Waals surface area contributed by atoms with E-state index >= 15 is 0 Å². The molecule has 0 bridgehead atoms. The van der Waals surface area contributed by atoms with Gasteiger partial charge in [-0.1, -0.05) is 30.3 Å². The number of rotatable bonds is 5. The Bertz CT molecular complexity index is 496. The van der Waals surface area contributed by atoms with Crippen LogP contribution in [0.2, 0.25) is 0 Å². The minimum Gasteiger partial charge on any atom is -0.481 e. The van der Waals surface area contributed by atoms with Gasteiger partial charge in [-0.15, -0.1) is 11.8 Å². The number of carboxylic acid groups (broad SMARTS) is 1. The van der Waals surface area contributed by atoms with E-state index in [2.05, 4.69) is 12.1 Å². The summed E-state index contributed by atoms with van der Waals surface area (Å²) in [5, 5.41) is 9.18. The van der Waals surface area contributed by atoms with Crippen LogP contribution in [0.15, 0.2) is 30.3 Å². The number of carboxylic acids is 1. The number of likely N-dealkylation sites (tertiary alicyclic amines) is 1. The standard InChI is InChI=1S/C16H21NO3S/c1-16(15(19)20)7-9-17(10-8-16)14(18)12-21-11-13-5-3-2-4-6-13/h2-6H,7-12H2,1H3,(H,19,20). The summed E-state index contributed by atoms with van der Waals surface area (Å²) in [6.45, 7) is 2.86. The second-order valence-corrected chi connectivity index (χ2v) is 6.71. The Kier molecular flexibility index (Phi) is 5.28. The Hall–Kier alpha value is -1.49. The summed E-state index contributed by atoms with van der Waals surface area (Å²) >= 11 is 1.61. The van der Waals surface area contributed by atoms with Crippen LogP contribution >= 0.6 is 11.8 Å². The van der Waals surface area contributed by atoms with Gasteiger partial charge in [-0.05, 0) is 25.3 Å². The first-order chi connectivity index (χ1) is 10.0. The van der Waals surface area contributed by atoms with E-state index in [4.69, 9.17) is 0 Å². The molecule has 0 aliphatic carbocycles. The van der Waals surface area contributed by atoms with E-state index in [1.54, 1.807) is 23.6 Å². The van der Waals surface area contributed by atoms with Crippen molar-refractivity contribution >= 4 is 23.6 Å². The first-order valence-electron chi connectivity index (χ1n) is 7.14. The molecule has 1 aliphatic heterocycles. The van der Waals surface area contributed by atoms with E-state index in [0.717, 1.165) is 5.75 Å². The molecule has 1 amide bonds. The molecule has 0 unspecified atom stereocenters. The fourth-order valence-electron chi connectivity index (χ4n) is 2.39. The summed E-state index contributed by atoms with van der Waals surface area (Å²) in [6.07, 6.45) is 1.08. The molecule has 114 valence electrons. The first-order valence-corrected chi connectivity index (χ1v) is 8.29. The third-order valence-electron chi connectivity index (χ3n) is 4.07. The number of amides is 1. The van der Waals surface area contributed by atoms with Crippen molar-refractivity contribution in [3.8, 4) is 0 Å². The second kappa shape index (κ2) is 6.98. The molecule has 5 heteroatoms. The number of aliphatic carboxylic acids is 1. The number of hydrogen-bond acceptors (Lipinski definition) is 3. The van der Waals surface area contributed by atoms with Crippen molar-refractivity contribution in [2.24, 2.45) is 5.41 Å². The number of benzene rings is 1. The third-order valence-corrected chi connectivity index (χ3v) is 5.06. The number of carbonyl (C=O) groups excluding carboxylic acids is 1. The number of piperidine rings is 1. The van der Waals surface area contributed by atoms with Crippen LogP contribution in [0.1, 0.15) is 25.3 Å². The van der Waals surface area contributed by atoms with Gasteiger partial charge in [-0.3, -0.25) is 9.59 Å². The second-order valence-electron chi connectivity index (χ2n) is 5.72. The summed E-state index contributed by atoms with van der Waals surface area (Å²) in [7, 11) is 0. The lowest BCUT2D eigenvalue weighted by molar-refractivity contribution is -0.152. The molecular weight excluding hydrogens is 286 g/mol. The van der Waals surface area contributed by atoms with Gasteiger partial charge in [0, 0.05) is 18.8 Å². The fourth-order valence-corrected chi connectivity index (χ4v) is 3.27. The summed E-state index contributed by atoms with van der Waals surface area (Å²) in [4.78, 5) is 25.1. The largest absolute Gasteiger partial charge is 0.481 e. The predicted molar refractivity (Wildman–Crippen MR) is 84.2 cm³/mol. The van der Waals surface area contributed by atoms with Crippen LogP contribution in [0.3, 0.4) is 0 Å². The maximum Gasteiger partial charge on any atom is 0.309 e. The van der Waals surface area contributed by atoms with E-state index < -0.39 is 11.4 Å². The minimum atomic E-state index is -0.756. The highest BCUT2D eigenvalue weighted by molar-refractivity contribution is 7.99. The average molecular weight is 307 g/mol. The molecular formula is C16H21NO3S. The van der Waals surface area contributed by atoms with Gasteiger partial charge < -0.3 is 10.0 Å². The molecule has 0 spiro atoms. The van der Waals surface area contributed by atoms with Gasteiger partial charge in [0.1, 0.15) is 0 Å². The molecule has 1 aromatic rings. The Morgan fingerprint density at radius 1 is 1.24 bits per heavy atom. The molecule has 0 radical (unpaired) electrons. The number of carbonyl (C=O) groups is 2. The van der Waals surface area contributed by atoms with Crippen LogP contribution in [0, 0.1) is 5.41 Å². The molecule has 1 aromatic carbocycles. The average Bonchev–Trinajstić information content (AvgIpc) is 2.49. The molecule has 1 N–H and O–H groups in total. The fraction of sp³-hybridized carbons (Fsp3) is 0.500. The van der Waals surface area contributed by atoms with Gasteiger partial charge in [0.15, 0.2) is 0 Å². The lowest BCUT2D eigenvalue weighted by Crippen LogP contribution is -2.45.